The summed E-state index contributed by atoms with van der Waals surface area (Å²) >= 11 is 9.10. The zero-order valence-electron chi connectivity index (χ0n) is 12.7. The van der Waals surface area contributed by atoms with Crippen LogP contribution in [0.15, 0.2) is 13.6 Å². The van der Waals surface area contributed by atoms with Gasteiger partial charge in [-0.3, -0.25) is 0 Å². The number of nitrogens with two attached hydrogens (primary N) is 1. The lowest BCUT2D eigenvalue weighted by molar-refractivity contribution is -0.154. The van der Waals surface area contributed by atoms with Crippen molar-refractivity contribution in [2.24, 2.45) is 27.9 Å². The molecular weight excluding hydrogens is 410 g/mol. The van der Waals surface area contributed by atoms with E-state index in [1.807, 2.05) is 0 Å². The molecule has 2 N–H and O–H groups in total. The van der Waals surface area contributed by atoms with Crippen LogP contribution in [0.3, 0.4) is 0 Å². The Kier molecular flexibility index (Phi) is 3.31. The molecule has 0 radical (unpaired) electrons. The van der Waals surface area contributed by atoms with E-state index in [9.17, 15) is 0 Å². The summed E-state index contributed by atoms with van der Waals surface area (Å²) in [4.78, 5) is 0. The molecule has 4 heteroatoms. The normalized spacial score (nSPS) is 46.0. The van der Waals surface area contributed by atoms with Gasteiger partial charge < -0.3 is 5.73 Å². The van der Waals surface area contributed by atoms with Gasteiger partial charge in [0, 0.05) is 6.04 Å². The lowest BCUT2D eigenvalue weighted by Gasteiger charge is -2.67. The summed E-state index contributed by atoms with van der Waals surface area (Å²) in [6, 6.07) is 2.42. The van der Waals surface area contributed by atoms with E-state index < -0.39 is 0 Å². The van der Waals surface area contributed by atoms with Crippen LogP contribution in [0.25, 0.3) is 0 Å². The second-order valence-corrected chi connectivity index (χ2v) is 12.5. The van der Waals surface area contributed by atoms with Gasteiger partial charge in [-0.1, -0.05) is 13.8 Å². The molecule has 116 valence electrons. The van der Waals surface area contributed by atoms with E-state index >= 15 is 0 Å². The fraction of sp³-hybridized carbons (Fsp3) is 0.765. The summed E-state index contributed by atoms with van der Waals surface area (Å²) < 4.78 is 2.40. The Labute approximate surface area is 148 Å². The van der Waals surface area contributed by atoms with Crippen molar-refractivity contribution in [2.75, 3.05) is 0 Å². The van der Waals surface area contributed by atoms with Gasteiger partial charge in [-0.15, -0.1) is 11.3 Å². The smallest absolute Gasteiger partial charge is 0.0758 e. The first-order valence-electron chi connectivity index (χ1n) is 7.93. The number of halogens is 2. The molecule has 0 spiro atoms. The minimum absolute atomic E-state index is 0.177. The van der Waals surface area contributed by atoms with E-state index in [1.165, 1.54) is 51.7 Å². The Bertz CT molecular complexity index is 578. The minimum Gasteiger partial charge on any atom is -0.323 e. The number of thiophene rings is 1. The summed E-state index contributed by atoms with van der Waals surface area (Å²) in [5, 5.41) is 0. The molecule has 0 aliphatic heterocycles. The molecular formula is C17H23Br2NS. The third-order valence-corrected chi connectivity index (χ3v) is 8.73. The minimum atomic E-state index is 0.177. The molecule has 5 rings (SSSR count). The van der Waals surface area contributed by atoms with Crippen LogP contribution in [-0.4, -0.2) is 0 Å². The first-order chi connectivity index (χ1) is 9.73. The highest BCUT2D eigenvalue weighted by molar-refractivity contribution is 9.12. The van der Waals surface area contributed by atoms with Crippen molar-refractivity contribution in [3.63, 3.8) is 0 Å². The Morgan fingerprint density at radius 1 is 1.14 bits per heavy atom. The van der Waals surface area contributed by atoms with Gasteiger partial charge in [-0.2, -0.15) is 0 Å². The predicted molar refractivity (Wildman–Crippen MR) is 96.5 cm³/mol. The van der Waals surface area contributed by atoms with Crippen LogP contribution in [0, 0.1) is 22.2 Å². The largest absolute Gasteiger partial charge is 0.323 e. The third-order valence-electron chi connectivity index (χ3n) is 6.35. The molecule has 0 aromatic carbocycles. The van der Waals surface area contributed by atoms with Crippen LogP contribution >= 0.6 is 43.2 Å². The monoisotopic (exact) mass is 431 g/mol. The fourth-order valence-corrected chi connectivity index (χ4v) is 9.71. The van der Waals surface area contributed by atoms with Crippen molar-refractivity contribution in [3.05, 3.63) is 19.2 Å². The summed E-state index contributed by atoms with van der Waals surface area (Å²) in [5.41, 5.74) is 9.59. The first-order valence-corrected chi connectivity index (χ1v) is 10.3. The standard InChI is InChI=1S/C17H23Br2NS/c1-15-4-10-5-16(2,7-15)9-17(6-10,8-15)13(20)11-3-12(18)21-14(11)19/h3,10,13H,4-9,20H2,1-2H3. The molecule has 4 fully saturated rings. The summed E-state index contributed by atoms with van der Waals surface area (Å²) in [5.74, 6) is 0.906. The van der Waals surface area contributed by atoms with Gasteiger partial charge in [-0.05, 0) is 104 Å². The van der Waals surface area contributed by atoms with E-state index in [2.05, 4.69) is 51.8 Å². The number of hydrogen-bond donors (Lipinski definition) is 1. The van der Waals surface area contributed by atoms with Crippen molar-refractivity contribution < 1.29 is 0 Å². The van der Waals surface area contributed by atoms with Gasteiger partial charge in [0.05, 0.1) is 7.57 Å². The lowest BCUT2D eigenvalue weighted by Crippen LogP contribution is -2.58. The summed E-state index contributed by atoms with van der Waals surface area (Å²) in [6.07, 6.45) is 8.29. The van der Waals surface area contributed by atoms with Crippen LogP contribution in [0.4, 0.5) is 0 Å². The van der Waals surface area contributed by atoms with Gasteiger partial charge in [0.2, 0.25) is 0 Å². The SMILES string of the molecule is CC12CC3CC(C)(C1)CC(C(N)c1cc(Br)sc1Br)(C3)C2. The highest BCUT2D eigenvalue weighted by atomic mass is 79.9. The second-order valence-electron chi connectivity index (χ2n) is 8.75. The topological polar surface area (TPSA) is 26.0 Å². The van der Waals surface area contributed by atoms with Crippen molar-refractivity contribution in [3.8, 4) is 0 Å². The van der Waals surface area contributed by atoms with E-state index in [4.69, 9.17) is 5.73 Å². The Hall–Kier alpha value is 0.620. The number of rotatable bonds is 2. The van der Waals surface area contributed by atoms with E-state index in [0.717, 1.165) is 5.92 Å². The molecule has 21 heavy (non-hydrogen) atoms. The molecule has 1 heterocycles. The van der Waals surface area contributed by atoms with E-state index in [0.29, 0.717) is 16.2 Å². The molecule has 4 bridgehead atoms. The fourth-order valence-electron chi connectivity index (χ4n) is 6.78. The summed E-state index contributed by atoms with van der Waals surface area (Å²) in [7, 11) is 0. The molecule has 1 nitrogen and oxygen atoms in total. The van der Waals surface area contributed by atoms with E-state index in [1.54, 1.807) is 11.3 Å². The van der Waals surface area contributed by atoms with Gasteiger partial charge in [0.1, 0.15) is 0 Å². The van der Waals surface area contributed by atoms with Crippen LogP contribution in [0.2, 0.25) is 0 Å². The Morgan fingerprint density at radius 3 is 2.24 bits per heavy atom. The van der Waals surface area contributed by atoms with Gasteiger partial charge in [0.25, 0.3) is 0 Å². The lowest BCUT2D eigenvalue weighted by atomic mass is 9.39. The molecule has 4 aliphatic carbocycles. The Morgan fingerprint density at radius 2 is 1.76 bits per heavy atom. The molecule has 4 saturated carbocycles. The second kappa shape index (κ2) is 4.58. The first kappa shape index (κ1) is 15.2. The zero-order valence-corrected chi connectivity index (χ0v) is 16.7. The maximum Gasteiger partial charge on any atom is 0.0758 e. The number of hydrogen-bond acceptors (Lipinski definition) is 2. The van der Waals surface area contributed by atoms with Crippen LogP contribution in [0.1, 0.15) is 64.0 Å². The van der Waals surface area contributed by atoms with Crippen LogP contribution in [0.5, 0.6) is 0 Å². The average Bonchev–Trinajstić information content (AvgIpc) is 2.62. The van der Waals surface area contributed by atoms with Crippen LogP contribution in [-0.2, 0) is 0 Å². The Balaban J connectivity index is 1.75. The molecule has 1 aromatic heterocycles. The molecule has 4 aliphatic rings. The van der Waals surface area contributed by atoms with Crippen molar-refractivity contribution in [1.29, 1.82) is 0 Å². The molecule has 3 unspecified atom stereocenters. The highest BCUT2D eigenvalue weighted by Crippen LogP contribution is 2.72. The quantitative estimate of drug-likeness (QED) is 0.585. The average molecular weight is 433 g/mol. The molecule has 1 aromatic rings. The summed E-state index contributed by atoms with van der Waals surface area (Å²) in [6.45, 7) is 5.05. The predicted octanol–water partition coefficient (Wildman–Crippen LogP) is 6.27. The maximum absolute atomic E-state index is 6.88. The third kappa shape index (κ3) is 2.31. The highest BCUT2D eigenvalue weighted by Gasteiger charge is 2.61. The van der Waals surface area contributed by atoms with Crippen molar-refractivity contribution >= 4 is 43.2 Å². The zero-order chi connectivity index (χ0) is 15.0. The maximum atomic E-state index is 6.88. The van der Waals surface area contributed by atoms with Crippen molar-refractivity contribution in [2.45, 2.75) is 58.4 Å². The van der Waals surface area contributed by atoms with Gasteiger partial charge >= 0.3 is 0 Å². The van der Waals surface area contributed by atoms with Gasteiger partial charge in [0.15, 0.2) is 0 Å². The molecule has 0 saturated heterocycles. The van der Waals surface area contributed by atoms with Crippen molar-refractivity contribution in [1.82, 2.24) is 0 Å². The molecule has 3 atom stereocenters. The molecule has 0 amide bonds. The van der Waals surface area contributed by atoms with E-state index in [-0.39, 0.29) is 6.04 Å². The van der Waals surface area contributed by atoms with Crippen LogP contribution < -0.4 is 5.73 Å². The van der Waals surface area contributed by atoms with Gasteiger partial charge in [-0.25, -0.2) is 0 Å².